The first-order valence-corrected chi connectivity index (χ1v) is 9.52. The molecule has 3 rings (SSSR count). The number of benzene rings is 1. The van der Waals surface area contributed by atoms with Gasteiger partial charge in [0.05, 0.1) is 11.2 Å². The average Bonchev–Trinajstić information content (AvgIpc) is 3.29. The first-order chi connectivity index (χ1) is 12.5. The first-order valence-electron chi connectivity index (χ1n) is 9.14. The molecule has 26 heavy (non-hydrogen) atoms. The Bertz CT molecular complexity index is 751. The van der Waals surface area contributed by atoms with Crippen LogP contribution in [0.15, 0.2) is 34.9 Å². The van der Waals surface area contributed by atoms with E-state index in [1.165, 1.54) is 12.8 Å². The van der Waals surface area contributed by atoms with Crippen LogP contribution >= 0.6 is 11.6 Å². The Morgan fingerprint density at radius 1 is 1.31 bits per heavy atom. The number of halogens is 1. The molecule has 1 aromatic heterocycles. The minimum Gasteiger partial charge on any atom is -0.441 e. The fourth-order valence-corrected chi connectivity index (χ4v) is 3.83. The number of rotatable bonds is 7. The van der Waals surface area contributed by atoms with Crippen LogP contribution in [0.3, 0.4) is 0 Å². The first kappa shape index (κ1) is 18.9. The standard InChI is InChI=1S/C20H26ClN3O2/c1-24(2)20(11-5-6-12-20)14-23-18(25)9-10-19-22-13-17(26-19)15-7-3-4-8-16(15)21/h3-4,7-8,13H,5-6,9-12,14H2,1-2H3,(H,23,25). The van der Waals surface area contributed by atoms with Gasteiger partial charge in [0.1, 0.15) is 0 Å². The van der Waals surface area contributed by atoms with E-state index in [1.807, 2.05) is 24.3 Å². The molecule has 5 nitrogen and oxygen atoms in total. The van der Waals surface area contributed by atoms with Crippen LogP contribution in [-0.2, 0) is 11.2 Å². The Labute approximate surface area is 159 Å². The Kier molecular flexibility index (Phi) is 5.99. The van der Waals surface area contributed by atoms with E-state index in [-0.39, 0.29) is 11.4 Å². The van der Waals surface area contributed by atoms with Crippen molar-refractivity contribution in [3.05, 3.63) is 41.4 Å². The summed E-state index contributed by atoms with van der Waals surface area (Å²) in [6, 6.07) is 7.48. The van der Waals surface area contributed by atoms with Crippen LogP contribution in [-0.4, -0.2) is 42.0 Å². The van der Waals surface area contributed by atoms with E-state index in [0.29, 0.717) is 36.1 Å². The summed E-state index contributed by atoms with van der Waals surface area (Å²) in [5.74, 6) is 1.22. The number of likely N-dealkylation sites (N-methyl/N-ethyl adjacent to an activating group) is 1. The monoisotopic (exact) mass is 375 g/mol. The lowest BCUT2D eigenvalue weighted by Gasteiger charge is -2.36. The van der Waals surface area contributed by atoms with Gasteiger partial charge in [-0.2, -0.15) is 0 Å². The van der Waals surface area contributed by atoms with Crippen LogP contribution in [0.2, 0.25) is 5.02 Å². The molecule has 0 aliphatic heterocycles. The van der Waals surface area contributed by atoms with Gasteiger partial charge in [0.25, 0.3) is 0 Å². The molecule has 0 atom stereocenters. The molecular formula is C20H26ClN3O2. The number of aryl methyl sites for hydroxylation is 1. The van der Waals surface area contributed by atoms with Gasteiger partial charge in [-0.05, 0) is 39.1 Å². The van der Waals surface area contributed by atoms with Gasteiger partial charge in [-0.15, -0.1) is 0 Å². The summed E-state index contributed by atoms with van der Waals surface area (Å²) in [5.41, 5.74) is 0.919. The third kappa shape index (κ3) is 4.27. The number of oxazole rings is 1. The summed E-state index contributed by atoms with van der Waals surface area (Å²) in [7, 11) is 4.20. The van der Waals surface area contributed by atoms with E-state index in [9.17, 15) is 4.79 Å². The summed E-state index contributed by atoms with van der Waals surface area (Å²) < 4.78 is 5.75. The largest absolute Gasteiger partial charge is 0.441 e. The summed E-state index contributed by atoms with van der Waals surface area (Å²) in [4.78, 5) is 18.8. The fraction of sp³-hybridized carbons (Fsp3) is 0.500. The number of hydrogen-bond donors (Lipinski definition) is 1. The molecule has 0 bridgehead atoms. The molecule has 1 fully saturated rings. The van der Waals surface area contributed by atoms with Gasteiger partial charge < -0.3 is 14.6 Å². The Balaban J connectivity index is 1.52. The second-order valence-corrected chi connectivity index (χ2v) is 7.61. The van der Waals surface area contributed by atoms with Gasteiger partial charge in [0.15, 0.2) is 11.7 Å². The molecule has 1 heterocycles. The van der Waals surface area contributed by atoms with Crippen LogP contribution < -0.4 is 5.32 Å². The lowest BCUT2D eigenvalue weighted by molar-refractivity contribution is -0.121. The van der Waals surface area contributed by atoms with Crippen LogP contribution in [0.4, 0.5) is 0 Å². The van der Waals surface area contributed by atoms with Crippen molar-refractivity contribution in [1.82, 2.24) is 15.2 Å². The maximum atomic E-state index is 12.2. The maximum Gasteiger partial charge on any atom is 0.220 e. The van der Waals surface area contributed by atoms with Gasteiger partial charge in [0, 0.05) is 30.5 Å². The van der Waals surface area contributed by atoms with E-state index in [4.69, 9.17) is 16.0 Å². The van der Waals surface area contributed by atoms with Crippen molar-refractivity contribution in [2.24, 2.45) is 0 Å². The van der Waals surface area contributed by atoms with Crippen molar-refractivity contribution in [3.63, 3.8) is 0 Å². The minimum absolute atomic E-state index is 0.0376. The summed E-state index contributed by atoms with van der Waals surface area (Å²) in [6.45, 7) is 0.704. The highest BCUT2D eigenvalue weighted by Gasteiger charge is 2.36. The number of amides is 1. The molecule has 1 amide bonds. The zero-order chi connectivity index (χ0) is 18.6. The van der Waals surface area contributed by atoms with Crippen LogP contribution in [0.1, 0.15) is 38.0 Å². The Morgan fingerprint density at radius 2 is 2.04 bits per heavy atom. The van der Waals surface area contributed by atoms with Crippen molar-refractivity contribution in [2.75, 3.05) is 20.6 Å². The van der Waals surface area contributed by atoms with E-state index in [0.717, 1.165) is 18.4 Å². The van der Waals surface area contributed by atoms with Crippen molar-refractivity contribution >= 4 is 17.5 Å². The maximum absolute atomic E-state index is 12.2. The lowest BCUT2D eigenvalue weighted by Crippen LogP contribution is -2.50. The zero-order valence-electron chi connectivity index (χ0n) is 15.4. The molecule has 6 heteroatoms. The van der Waals surface area contributed by atoms with Gasteiger partial charge in [-0.3, -0.25) is 4.79 Å². The third-order valence-corrected chi connectivity index (χ3v) is 5.69. The molecule has 140 valence electrons. The molecule has 1 aromatic carbocycles. The smallest absolute Gasteiger partial charge is 0.220 e. The number of nitrogens with zero attached hydrogens (tertiary/aromatic N) is 2. The molecule has 2 aromatic rings. The second-order valence-electron chi connectivity index (χ2n) is 7.20. The molecule has 1 saturated carbocycles. The zero-order valence-corrected chi connectivity index (χ0v) is 16.2. The fourth-order valence-electron chi connectivity index (χ4n) is 3.60. The number of aromatic nitrogens is 1. The quantitative estimate of drug-likeness (QED) is 0.796. The highest BCUT2D eigenvalue weighted by atomic mass is 35.5. The number of hydrogen-bond acceptors (Lipinski definition) is 4. The van der Waals surface area contributed by atoms with Gasteiger partial charge in [-0.1, -0.05) is 36.6 Å². The summed E-state index contributed by atoms with van der Waals surface area (Å²) in [5, 5.41) is 3.72. The predicted octanol–water partition coefficient (Wildman–Crippen LogP) is 3.92. The summed E-state index contributed by atoms with van der Waals surface area (Å²) >= 11 is 6.18. The van der Waals surface area contributed by atoms with E-state index in [2.05, 4.69) is 29.3 Å². The molecule has 0 spiro atoms. The van der Waals surface area contributed by atoms with Crippen molar-refractivity contribution < 1.29 is 9.21 Å². The minimum atomic E-state index is 0.0376. The van der Waals surface area contributed by atoms with Crippen molar-refractivity contribution in [1.29, 1.82) is 0 Å². The molecule has 1 aliphatic carbocycles. The predicted molar refractivity (Wildman–Crippen MR) is 103 cm³/mol. The highest BCUT2D eigenvalue weighted by Crippen LogP contribution is 2.33. The van der Waals surface area contributed by atoms with Crippen LogP contribution in [0.5, 0.6) is 0 Å². The Hall–Kier alpha value is -1.85. The normalized spacial score (nSPS) is 16.2. The topological polar surface area (TPSA) is 58.4 Å². The molecule has 0 unspecified atom stereocenters. The molecule has 0 saturated heterocycles. The average molecular weight is 376 g/mol. The van der Waals surface area contributed by atoms with Crippen molar-refractivity contribution in [2.45, 2.75) is 44.1 Å². The Morgan fingerprint density at radius 3 is 2.73 bits per heavy atom. The van der Waals surface area contributed by atoms with E-state index < -0.39 is 0 Å². The lowest BCUT2D eigenvalue weighted by atomic mass is 9.96. The second kappa shape index (κ2) is 8.23. The molecule has 1 aliphatic rings. The van der Waals surface area contributed by atoms with Crippen molar-refractivity contribution in [3.8, 4) is 11.3 Å². The number of carbonyl (C=O) groups excluding carboxylic acids is 1. The van der Waals surface area contributed by atoms with Crippen LogP contribution in [0.25, 0.3) is 11.3 Å². The summed E-state index contributed by atoms with van der Waals surface area (Å²) in [6.07, 6.45) is 7.25. The van der Waals surface area contributed by atoms with Gasteiger partial charge in [0.2, 0.25) is 5.91 Å². The van der Waals surface area contributed by atoms with Gasteiger partial charge >= 0.3 is 0 Å². The molecular weight excluding hydrogens is 350 g/mol. The SMILES string of the molecule is CN(C)C1(CNC(=O)CCc2ncc(-c3ccccc3Cl)o2)CCCC1. The van der Waals surface area contributed by atoms with Crippen LogP contribution in [0, 0.1) is 0 Å². The highest BCUT2D eigenvalue weighted by molar-refractivity contribution is 6.33. The van der Waals surface area contributed by atoms with Gasteiger partial charge in [-0.25, -0.2) is 4.98 Å². The third-order valence-electron chi connectivity index (χ3n) is 5.36. The molecule has 0 radical (unpaired) electrons. The molecule has 1 N–H and O–H groups in total. The number of nitrogens with one attached hydrogen (secondary N) is 1. The number of carbonyl (C=O) groups is 1. The van der Waals surface area contributed by atoms with E-state index in [1.54, 1.807) is 6.20 Å². The van der Waals surface area contributed by atoms with E-state index >= 15 is 0 Å².